The van der Waals surface area contributed by atoms with Gasteiger partial charge in [0, 0.05) is 43.8 Å². The van der Waals surface area contributed by atoms with Crippen LogP contribution in [-0.2, 0) is 16.1 Å². The average molecular weight is 536 g/mol. The smallest absolute Gasteiger partial charge is 0.260 e. The minimum Gasteiger partial charge on any atom is -0.493 e. The summed E-state index contributed by atoms with van der Waals surface area (Å²) < 4.78 is 11.4. The average Bonchev–Trinajstić information content (AvgIpc) is 2.96. The first kappa shape index (κ1) is 28.9. The van der Waals surface area contributed by atoms with Gasteiger partial charge >= 0.3 is 0 Å². The summed E-state index contributed by atoms with van der Waals surface area (Å²) in [6.45, 7) is 9.20. The highest BCUT2D eigenvalue weighted by Gasteiger charge is 2.34. The number of benzene rings is 2. The molecule has 2 aliphatic heterocycles. The zero-order valence-electron chi connectivity index (χ0n) is 24.1. The number of hydrogen-bond donors (Lipinski definition) is 0. The highest BCUT2D eigenvalue weighted by atomic mass is 16.5. The van der Waals surface area contributed by atoms with E-state index in [9.17, 15) is 9.59 Å². The molecule has 2 aliphatic rings. The summed E-state index contributed by atoms with van der Waals surface area (Å²) in [6.07, 6.45) is 5.87. The molecule has 2 amide bonds. The van der Waals surface area contributed by atoms with Gasteiger partial charge in [0.15, 0.2) is 18.1 Å². The first-order valence-corrected chi connectivity index (χ1v) is 14.6. The van der Waals surface area contributed by atoms with Gasteiger partial charge < -0.3 is 19.3 Å². The first-order valence-electron chi connectivity index (χ1n) is 14.6. The fraction of sp³-hybridized carbons (Fsp3) is 0.562. The van der Waals surface area contributed by atoms with E-state index in [1.807, 2.05) is 65.3 Å². The Balaban J connectivity index is 1.66. The van der Waals surface area contributed by atoms with Crippen molar-refractivity contribution in [2.75, 3.05) is 38.3 Å². The molecule has 39 heavy (non-hydrogen) atoms. The number of carbonyl (C=O) groups excluding carboxylic acids is 2. The molecule has 2 bridgehead atoms. The molecule has 2 unspecified atom stereocenters. The third-order valence-electron chi connectivity index (χ3n) is 8.11. The second kappa shape index (κ2) is 13.8. The number of para-hydroxylation sites is 3. The molecule has 4 rings (SSSR count). The molecule has 0 aliphatic carbocycles. The van der Waals surface area contributed by atoms with Gasteiger partial charge in [0.05, 0.1) is 7.11 Å². The molecule has 0 saturated carbocycles. The maximum atomic E-state index is 13.8. The van der Waals surface area contributed by atoms with Crippen molar-refractivity contribution in [2.45, 2.75) is 77.9 Å². The monoisotopic (exact) mass is 535 g/mol. The van der Waals surface area contributed by atoms with Crippen LogP contribution in [0.3, 0.4) is 0 Å². The van der Waals surface area contributed by atoms with E-state index < -0.39 is 0 Å². The molecule has 7 nitrogen and oxygen atoms in total. The molecule has 2 aromatic rings. The maximum absolute atomic E-state index is 13.8. The van der Waals surface area contributed by atoms with Crippen LogP contribution in [0.25, 0.3) is 0 Å². The molecule has 1 saturated heterocycles. The minimum atomic E-state index is -0.0672. The van der Waals surface area contributed by atoms with Crippen molar-refractivity contribution in [3.8, 4) is 11.5 Å². The van der Waals surface area contributed by atoms with Gasteiger partial charge in [-0.2, -0.15) is 0 Å². The van der Waals surface area contributed by atoms with Gasteiger partial charge in [0.1, 0.15) is 0 Å². The van der Waals surface area contributed by atoms with Crippen LogP contribution < -0.4 is 14.4 Å². The predicted molar refractivity (Wildman–Crippen MR) is 155 cm³/mol. The van der Waals surface area contributed by atoms with Gasteiger partial charge in [-0.3, -0.25) is 14.5 Å². The standard InChI is InChI=1S/C32H45N3O4/c1-5-31(36)35-20-18-26-12-10-13-27(34(26)19-17-24(2)3)22-33(21-25-11-6-7-14-28(25)35)32(37)23-39-30-16-9-8-15-29(30)38-4/h6-9,11,14-16,24,26-27H,5,10,12-13,17-23H2,1-4H3. The fourth-order valence-corrected chi connectivity index (χ4v) is 5.94. The summed E-state index contributed by atoms with van der Waals surface area (Å²) in [7, 11) is 1.60. The normalized spacial score (nSPS) is 20.2. The number of carbonyl (C=O) groups is 2. The number of hydrogen-bond acceptors (Lipinski definition) is 5. The molecular weight excluding hydrogens is 490 g/mol. The summed E-state index contributed by atoms with van der Waals surface area (Å²) in [5.41, 5.74) is 1.91. The number of ether oxygens (including phenoxy) is 2. The van der Waals surface area contributed by atoms with Crippen molar-refractivity contribution >= 4 is 17.5 Å². The van der Waals surface area contributed by atoms with Crippen LogP contribution in [0.4, 0.5) is 5.69 Å². The second-order valence-corrected chi connectivity index (χ2v) is 11.2. The van der Waals surface area contributed by atoms with Crippen LogP contribution in [0.1, 0.15) is 64.9 Å². The lowest BCUT2D eigenvalue weighted by Crippen LogP contribution is -2.53. The van der Waals surface area contributed by atoms with Crippen molar-refractivity contribution in [2.24, 2.45) is 5.92 Å². The number of rotatable bonds is 8. The van der Waals surface area contributed by atoms with Gasteiger partial charge in [-0.25, -0.2) is 0 Å². The lowest BCUT2D eigenvalue weighted by Gasteiger charge is -2.44. The first-order chi connectivity index (χ1) is 18.9. The number of methoxy groups -OCH3 is 1. The van der Waals surface area contributed by atoms with Gasteiger partial charge in [0.25, 0.3) is 5.91 Å². The number of fused-ring (bicyclic) bond motifs is 3. The molecule has 212 valence electrons. The van der Waals surface area contributed by atoms with Crippen molar-refractivity contribution in [1.82, 2.24) is 9.80 Å². The largest absolute Gasteiger partial charge is 0.493 e. The Labute approximate surface area is 234 Å². The number of amides is 2. The highest BCUT2D eigenvalue weighted by Crippen LogP contribution is 2.32. The zero-order valence-corrected chi connectivity index (χ0v) is 24.1. The van der Waals surface area contributed by atoms with Crippen molar-refractivity contribution in [3.63, 3.8) is 0 Å². The molecule has 2 heterocycles. The summed E-state index contributed by atoms with van der Waals surface area (Å²) in [5.74, 6) is 1.84. The summed E-state index contributed by atoms with van der Waals surface area (Å²) in [5, 5.41) is 0. The Hall–Kier alpha value is -3.06. The Kier molecular flexibility index (Phi) is 10.3. The van der Waals surface area contributed by atoms with Crippen LogP contribution in [0.15, 0.2) is 48.5 Å². The van der Waals surface area contributed by atoms with Crippen molar-refractivity contribution < 1.29 is 19.1 Å². The van der Waals surface area contributed by atoms with E-state index in [4.69, 9.17) is 9.47 Å². The molecule has 0 N–H and O–H groups in total. The predicted octanol–water partition coefficient (Wildman–Crippen LogP) is 5.52. The van der Waals surface area contributed by atoms with Crippen LogP contribution >= 0.6 is 0 Å². The lowest BCUT2D eigenvalue weighted by molar-refractivity contribution is -0.135. The number of piperidine rings is 1. The molecule has 0 aromatic heterocycles. The third-order valence-corrected chi connectivity index (χ3v) is 8.11. The van der Waals surface area contributed by atoms with Crippen LogP contribution in [0.5, 0.6) is 11.5 Å². The van der Waals surface area contributed by atoms with E-state index >= 15 is 0 Å². The lowest BCUT2D eigenvalue weighted by atomic mass is 9.92. The summed E-state index contributed by atoms with van der Waals surface area (Å²) in [6, 6.07) is 16.2. The second-order valence-electron chi connectivity index (χ2n) is 11.2. The Bertz CT molecular complexity index is 1100. The molecule has 7 heteroatoms. The molecule has 0 radical (unpaired) electrons. The maximum Gasteiger partial charge on any atom is 0.260 e. The fourth-order valence-electron chi connectivity index (χ4n) is 5.94. The van der Waals surface area contributed by atoms with Crippen molar-refractivity contribution in [1.29, 1.82) is 0 Å². The van der Waals surface area contributed by atoms with E-state index in [1.165, 1.54) is 0 Å². The van der Waals surface area contributed by atoms with E-state index in [0.717, 1.165) is 49.9 Å². The van der Waals surface area contributed by atoms with E-state index in [-0.39, 0.29) is 18.4 Å². The molecule has 0 spiro atoms. The summed E-state index contributed by atoms with van der Waals surface area (Å²) >= 11 is 0. The van der Waals surface area contributed by atoms with Gasteiger partial charge in [-0.15, -0.1) is 0 Å². The Morgan fingerprint density at radius 3 is 2.41 bits per heavy atom. The summed E-state index contributed by atoms with van der Waals surface area (Å²) in [4.78, 5) is 33.5. The minimum absolute atomic E-state index is 0.0609. The highest BCUT2D eigenvalue weighted by molar-refractivity contribution is 5.94. The molecule has 1 fully saturated rings. The van der Waals surface area contributed by atoms with Crippen LogP contribution in [0, 0.1) is 5.92 Å². The van der Waals surface area contributed by atoms with Gasteiger partial charge in [0.2, 0.25) is 5.91 Å². The molecular formula is C32H45N3O4. The SMILES string of the molecule is CCC(=O)N1CCC2CCCC(CN(C(=O)COc3ccccc3OC)Cc3ccccc31)N2CCC(C)C. The van der Waals surface area contributed by atoms with Gasteiger partial charge in [-0.1, -0.05) is 57.5 Å². The Morgan fingerprint density at radius 2 is 1.67 bits per heavy atom. The van der Waals surface area contributed by atoms with Crippen LogP contribution in [0.2, 0.25) is 0 Å². The van der Waals surface area contributed by atoms with Gasteiger partial charge in [-0.05, 0) is 61.9 Å². The zero-order chi connectivity index (χ0) is 27.8. The molecule has 2 aromatic carbocycles. The van der Waals surface area contributed by atoms with E-state index in [1.54, 1.807) is 7.11 Å². The topological polar surface area (TPSA) is 62.3 Å². The van der Waals surface area contributed by atoms with E-state index in [2.05, 4.69) is 18.7 Å². The Morgan fingerprint density at radius 1 is 0.949 bits per heavy atom. The van der Waals surface area contributed by atoms with E-state index in [0.29, 0.717) is 55.6 Å². The molecule has 2 atom stereocenters. The third kappa shape index (κ3) is 7.33. The number of nitrogens with zero attached hydrogens (tertiary/aromatic N) is 3. The van der Waals surface area contributed by atoms with Crippen molar-refractivity contribution in [3.05, 3.63) is 54.1 Å². The quantitative estimate of drug-likeness (QED) is 0.446. The number of anilines is 1. The van der Waals surface area contributed by atoms with Crippen LogP contribution in [-0.4, -0.2) is 67.0 Å².